The molecule has 24 heavy (non-hydrogen) atoms. The van der Waals surface area contributed by atoms with Crippen molar-refractivity contribution in [3.63, 3.8) is 0 Å². The predicted molar refractivity (Wildman–Crippen MR) is 92.7 cm³/mol. The van der Waals surface area contributed by atoms with Gasteiger partial charge in [0.2, 0.25) is 5.95 Å². The minimum absolute atomic E-state index is 0.0102. The average Bonchev–Trinajstić information content (AvgIpc) is 2.64. The van der Waals surface area contributed by atoms with Crippen LogP contribution < -0.4 is 10.1 Å². The number of likely N-dealkylation sites (tertiary alicyclic amines) is 1. The second kappa shape index (κ2) is 7.77. The molecule has 0 unspecified atom stereocenters. The lowest BCUT2D eigenvalue weighted by atomic mass is 10.1. The van der Waals surface area contributed by atoms with Crippen LogP contribution >= 0.6 is 0 Å². The number of carbonyl (C=O) groups excluding carboxylic acids is 1. The van der Waals surface area contributed by atoms with Crippen molar-refractivity contribution in [2.75, 3.05) is 25.0 Å². The van der Waals surface area contributed by atoms with Crippen LogP contribution in [-0.2, 0) is 0 Å². The van der Waals surface area contributed by atoms with Gasteiger partial charge in [0.15, 0.2) is 0 Å². The zero-order valence-electron chi connectivity index (χ0n) is 13.9. The molecule has 1 aromatic carbocycles. The molecule has 1 N–H and O–H groups in total. The van der Waals surface area contributed by atoms with Crippen LogP contribution in [0.2, 0.25) is 0 Å². The van der Waals surface area contributed by atoms with E-state index in [1.807, 2.05) is 36.1 Å². The van der Waals surface area contributed by atoms with Gasteiger partial charge in [0.25, 0.3) is 5.91 Å². The first-order valence-electron chi connectivity index (χ1n) is 8.38. The fraction of sp³-hybridized carbons (Fsp3) is 0.389. The van der Waals surface area contributed by atoms with Crippen LogP contribution in [0.1, 0.15) is 36.5 Å². The molecule has 6 nitrogen and oxygen atoms in total. The third-order valence-electron chi connectivity index (χ3n) is 3.98. The zero-order chi connectivity index (χ0) is 16.8. The van der Waals surface area contributed by atoms with E-state index in [2.05, 4.69) is 15.3 Å². The summed E-state index contributed by atoms with van der Waals surface area (Å²) in [6, 6.07) is 7.62. The van der Waals surface area contributed by atoms with Crippen molar-refractivity contribution in [2.45, 2.75) is 26.2 Å². The SMILES string of the molecule is CCOc1ccccc1Nc1ncc(C(=O)N2CCCCC2)cn1. The molecule has 1 aliphatic rings. The highest BCUT2D eigenvalue weighted by atomic mass is 16.5. The summed E-state index contributed by atoms with van der Waals surface area (Å²) < 4.78 is 5.57. The summed E-state index contributed by atoms with van der Waals surface area (Å²) in [7, 11) is 0. The number of nitrogens with zero attached hydrogens (tertiary/aromatic N) is 3. The number of hydrogen-bond acceptors (Lipinski definition) is 5. The van der Waals surface area contributed by atoms with Gasteiger partial charge in [0, 0.05) is 25.5 Å². The first kappa shape index (κ1) is 16.2. The number of piperidine rings is 1. The zero-order valence-corrected chi connectivity index (χ0v) is 13.9. The van der Waals surface area contributed by atoms with Gasteiger partial charge in [-0.2, -0.15) is 0 Å². The predicted octanol–water partition coefficient (Wildman–Crippen LogP) is 3.25. The fourth-order valence-electron chi connectivity index (χ4n) is 2.75. The van der Waals surface area contributed by atoms with Crippen molar-refractivity contribution in [2.24, 2.45) is 0 Å². The van der Waals surface area contributed by atoms with Crippen molar-refractivity contribution in [3.05, 3.63) is 42.2 Å². The van der Waals surface area contributed by atoms with Crippen LogP contribution in [0.3, 0.4) is 0 Å². The summed E-state index contributed by atoms with van der Waals surface area (Å²) in [5.41, 5.74) is 1.33. The molecule has 0 atom stereocenters. The minimum atomic E-state index is 0.0102. The highest BCUT2D eigenvalue weighted by Gasteiger charge is 2.18. The quantitative estimate of drug-likeness (QED) is 0.913. The van der Waals surface area contributed by atoms with Crippen LogP contribution in [0, 0.1) is 0 Å². The number of aromatic nitrogens is 2. The number of rotatable bonds is 5. The molecular weight excluding hydrogens is 304 g/mol. The Morgan fingerprint density at radius 1 is 1.17 bits per heavy atom. The van der Waals surface area contributed by atoms with Gasteiger partial charge in [-0.25, -0.2) is 9.97 Å². The van der Waals surface area contributed by atoms with Gasteiger partial charge in [-0.15, -0.1) is 0 Å². The normalized spacial score (nSPS) is 14.3. The third kappa shape index (κ3) is 3.82. The molecule has 1 amide bonds. The lowest BCUT2D eigenvalue weighted by molar-refractivity contribution is 0.0723. The highest BCUT2D eigenvalue weighted by molar-refractivity contribution is 5.93. The maximum Gasteiger partial charge on any atom is 0.256 e. The lowest BCUT2D eigenvalue weighted by Gasteiger charge is -2.26. The van der Waals surface area contributed by atoms with Gasteiger partial charge >= 0.3 is 0 Å². The molecule has 2 heterocycles. The number of ether oxygens (including phenoxy) is 1. The largest absolute Gasteiger partial charge is 0.492 e. The molecule has 1 aliphatic heterocycles. The van der Waals surface area contributed by atoms with Crippen LogP contribution in [0.4, 0.5) is 11.6 Å². The van der Waals surface area contributed by atoms with E-state index in [-0.39, 0.29) is 5.91 Å². The van der Waals surface area contributed by atoms with E-state index >= 15 is 0 Å². The van der Waals surface area contributed by atoms with Crippen LogP contribution in [0.25, 0.3) is 0 Å². The second-order valence-corrected chi connectivity index (χ2v) is 5.70. The first-order chi connectivity index (χ1) is 11.8. The Hall–Kier alpha value is -2.63. The molecule has 0 saturated carbocycles. The monoisotopic (exact) mass is 326 g/mol. The van der Waals surface area contributed by atoms with Crippen LogP contribution in [0.5, 0.6) is 5.75 Å². The number of benzene rings is 1. The van der Waals surface area contributed by atoms with E-state index in [1.54, 1.807) is 12.4 Å². The molecule has 1 aromatic heterocycles. The van der Waals surface area contributed by atoms with E-state index in [4.69, 9.17) is 4.74 Å². The molecular formula is C18H22N4O2. The summed E-state index contributed by atoms with van der Waals surface area (Å²) in [5, 5.41) is 3.13. The molecule has 3 rings (SSSR count). The van der Waals surface area contributed by atoms with Crippen molar-refractivity contribution in [3.8, 4) is 5.75 Å². The van der Waals surface area contributed by atoms with E-state index in [0.717, 1.165) is 37.4 Å². The van der Waals surface area contributed by atoms with Gasteiger partial charge in [0.05, 0.1) is 17.9 Å². The molecule has 126 valence electrons. The molecule has 0 aliphatic carbocycles. The number of nitrogens with one attached hydrogen (secondary N) is 1. The van der Waals surface area contributed by atoms with Gasteiger partial charge in [-0.3, -0.25) is 4.79 Å². The van der Waals surface area contributed by atoms with Crippen LogP contribution in [0.15, 0.2) is 36.7 Å². The summed E-state index contributed by atoms with van der Waals surface area (Å²) in [4.78, 5) is 22.8. The van der Waals surface area contributed by atoms with Crippen molar-refractivity contribution in [1.29, 1.82) is 0 Å². The molecule has 6 heteroatoms. The van der Waals surface area contributed by atoms with Gasteiger partial charge < -0.3 is 15.0 Å². The van der Waals surface area contributed by atoms with Gasteiger partial charge in [-0.05, 0) is 38.3 Å². The van der Waals surface area contributed by atoms with Crippen molar-refractivity contribution >= 4 is 17.5 Å². The fourth-order valence-corrected chi connectivity index (χ4v) is 2.75. The van der Waals surface area contributed by atoms with E-state index < -0.39 is 0 Å². The molecule has 1 fully saturated rings. The van der Waals surface area contributed by atoms with E-state index in [0.29, 0.717) is 18.1 Å². The number of amides is 1. The summed E-state index contributed by atoms with van der Waals surface area (Å²) in [5.74, 6) is 1.20. The maximum atomic E-state index is 12.4. The topological polar surface area (TPSA) is 67.3 Å². The standard InChI is InChI=1S/C18H22N4O2/c1-2-24-16-9-5-4-8-15(16)21-18-19-12-14(13-20-18)17(23)22-10-6-3-7-11-22/h4-5,8-9,12-13H,2-3,6-7,10-11H2,1H3,(H,19,20,21). The van der Waals surface area contributed by atoms with Gasteiger partial charge in [0.1, 0.15) is 5.75 Å². The van der Waals surface area contributed by atoms with Crippen molar-refractivity contribution in [1.82, 2.24) is 14.9 Å². The Morgan fingerprint density at radius 2 is 1.88 bits per heavy atom. The number of hydrogen-bond donors (Lipinski definition) is 1. The van der Waals surface area contributed by atoms with E-state index in [9.17, 15) is 4.79 Å². The van der Waals surface area contributed by atoms with Gasteiger partial charge in [-0.1, -0.05) is 12.1 Å². The second-order valence-electron chi connectivity index (χ2n) is 5.70. The third-order valence-corrected chi connectivity index (χ3v) is 3.98. The Labute approximate surface area is 141 Å². The maximum absolute atomic E-state index is 12.4. The summed E-state index contributed by atoms with van der Waals surface area (Å²) >= 11 is 0. The molecule has 0 bridgehead atoms. The highest BCUT2D eigenvalue weighted by Crippen LogP contribution is 2.26. The molecule has 2 aromatic rings. The molecule has 1 saturated heterocycles. The Balaban J connectivity index is 1.69. The molecule has 0 radical (unpaired) electrons. The lowest BCUT2D eigenvalue weighted by Crippen LogP contribution is -2.35. The van der Waals surface area contributed by atoms with E-state index in [1.165, 1.54) is 6.42 Å². The summed E-state index contributed by atoms with van der Waals surface area (Å²) in [6.45, 7) is 4.16. The number of carbonyl (C=O) groups is 1. The minimum Gasteiger partial charge on any atom is -0.492 e. The smallest absolute Gasteiger partial charge is 0.256 e. The molecule has 0 spiro atoms. The number of anilines is 2. The summed E-state index contributed by atoms with van der Waals surface area (Å²) in [6.07, 6.45) is 6.49. The van der Waals surface area contributed by atoms with Crippen LogP contribution in [-0.4, -0.2) is 40.5 Å². The Kier molecular flexibility index (Phi) is 5.25. The first-order valence-corrected chi connectivity index (χ1v) is 8.38. The number of para-hydroxylation sites is 2. The Morgan fingerprint density at radius 3 is 2.58 bits per heavy atom. The Bertz CT molecular complexity index is 682. The average molecular weight is 326 g/mol. The van der Waals surface area contributed by atoms with Crippen molar-refractivity contribution < 1.29 is 9.53 Å².